The molecule has 8 nitrogen and oxygen atoms in total. The Hall–Kier alpha value is -2.89. The lowest BCUT2D eigenvalue weighted by molar-refractivity contribution is 0.0218. The number of nitrogens with one attached hydrogen (secondary N) is 1. The lowest BCUT2D eigenvalue weighted by Crippen LogP contribution is -2.55. The highest BCUT2D eigenvalue weighted by atomic mass is 35.5. The summed E-state index contributed by atoms with van der Waals surface area (Å²) in [5, 5.41) is 4.41. The number of piperazine rings is 1. The summed E-state index contributed by atoms with van der Waals surface area (Å²) in [6, 6.07) is 4.99. The third kappa shape index (κ3) is 6.02. The summed E-state index contributed by atoms with van der Waals surface area (Å²) in [6.07, 6.45) is 2.56. The molecule has 3 aliphatic rings. The van der Waals surface area contributed by atoms with Gasteiger partial charge in [-0.3, -0.25) is 4.57 Å². The average Bonchev–Trinajstić information content (AvgIpc) is 2.95. The predicted octanol–water partition coefficient (Wildman–Crippen LogP) is 6.48. The molecule has 2 atom stereocenters. The van der Waals surface area contributed by atoms with Gasteiger partial charge in [0.1, 0.15) is 23.1 Å². The summed E-state index contributed by atoms with van der Waals surface area (Å²) in [4.78, 5) is 35.9. The molecule has 0 unspecified atom stereocenters. The number of halogens is 3. The lowest BCUT2D eigenvalue weighted by Gasteiger charge is -2.41. The van der Waals surface area contributed by atoms with Gasteiger partial charge in [-0.15, -0.1) is 11.8 Å². The third-order valence-corrected chi connectivity index (χ3v) is 10.2. The quantitative estimate of drug-likeness (QED) is 0.348. The van der Waals surface area contributed by atoms with Crippen LogP contribution in [0.1, 0.15) is 53.0 Å². The summed E-state index contributed by atoms with van der Waals surface area (Å²) >= 11 is 8.50. The Morgan fingerprint density at radius 3 is 2.61 bits per heavy atom. The maximum atomic E-state index is 15.2. The Kier molecular flexibility index (Phi) is 8.58. The predicted molar refractivity (Wildman–Crippen MR) is 171 cm³/mol. The van der Waals surface area contributed by atoms with Gasteiger partial charge in [0.25, 0.3) is 0 Å². The van der Waals surface area contributed by atoms with Crippen LogP contribution in [-0.4, -0.2) is 70.7 Å². The monoisotopic (exact) mass is 645 g/mol. The maximum Gasteiger partial charge on any atom is 0.410 e. The Bertz CT molecular complexity index is 1660. The Balaban J connectivity index is 1.46. The summed E-state index contributed by atoms with van der Waals surface area (Å²) in [7, 11) is 0. The fourth-order valence-corrected chi connectivity index (χ4v) is 8.38. The first-order valence-electron chi connectivity index (χ1n) is 15.2. The molecule has 0 spiro atoms. The van der Waals surface area contributed by atoms with Crippen molar-refractivity contribution in [2.45, 2.75) is 69.5 Å². The average molecular weight is 646 g/mol. The van der Waals surface area contributed by atoms with E-state index in [1.807, 2.05) is 32.6 Å². The Morgan fingerprint density at radius 2 is 1.93 bits per heavy atom. The van der Waals surface area contributed by atoms with Crippen molar-refractivity contribution in [3.63, 3.8) is 0 Å². The molecule has 12 heteroatoms. The van der Waals surface area contributed by atoms with E-state index in [1.54, 1.807) is 27.3 Å². The minimum atomic E-state index is -0.713. The number of rotatable bonds is 4. The summed E-state index contributed by atoms with van der Waals surface area (Å²) in [5.74, 6) is 0.209. The summed E-state index contributed by atoms with van der Waals surface area (Å²) < 4.78 is 36.5. The molecule has 2 aromatic carbocycles. The van der Waals surface area contributed by atoms with Crippen LogP contribution in [0, 0.1) is 17.6 Å². The number of piperidine rings is 1. The number of anilines is 1. The second-order valence-electron chi connectivity index (χ2n) is 13.0. The Labute approximate surface area is 265 Å². The van der Waals surface area contributed by atoms with E-state index in [4.69, 9.17) is 16.3 Å². The number of carbonyl (C=O) groups is 1. The molecule has 1 N–H and O–H groups in total. The van der Waals surface area contributed by atoms with Gasteiger partial charge in [-0.25, -0.2) is 18.4 Å². The van der Waals surface area contributed by atoms with Crippen molar-refractivity contribution in [2.24, 2.45) is 5.92 Å². The van der Waals surface area contributed by atoms with E-state index >= 15 is 4.39 Å². The number of ether oxygens (including phenoxy) is 1. The second kappa shape index (κ2) is 12.1. The van der Waals surface area contributed by atoms with Crippen LogP contribution in [0.15, 0.2) is 34.0 Å². The number of nitrogens with zero attached hydrogens (tertiary/aromatic N) is 4. The molecule has 1 aromatic heterocycles. The van der Waals surface area contributed by atoms with E-state index in [0.717, 1.165) is 38.4 Å². The van der Waals surface area contributed by atoms with Crippen molar-refractivity contribution in [3.8, 4) is 11.1 Å². The Morgan fingerprint density at radius 1 is 1.18 bits per heavy atom. The van der Waals surface area contributed by atoms with Crippen molar-refractivity contribution in [3.05, 3.63) is 51.4 Å². The van der Waals surface area contributed by atoms with Gasteiger partial charge in [-0.05, 0) is 84.2 Å². The van der Waals surface area contributed by atoms with Crippen molar-refractivity contribution in [1.29, 1.82) is 0 Å². The number of benzene rings is 2. The first-order chi connectivity index (χ1) is 20.9. The zero-order valence-corrected chi connectivity index (χ0v) is 27.0. The molecule has 0 radical (unpaired) electrons. The van der Waals surface area contributed by atoms with E-state index in [1.165, 1.54) is 12.1 Å². The largest absolute Gasteiger partial charge is 0.444 e. The first kappa shape index (κ1) is 31.1. The van der Waals surface area contributed by atoms with E-state index in [2.05, 4.69) is 10.3 Å². The van der Waals surface area contributed by atoms with Gasteiger partial charge in [0.05, 0.1) is 10.5 Å². The van der Waals surface area contributed by atoms with E-state index in [0.29, 0.717) is 63.5 Å². The molecule has 1 amide bonds. The highest BCUT2D eigenvalue weighted by Gasteiger charge is 2.35. The van der Waals surface area contributed by atoms with Gasteiger partial charge < -0.3 is 19.9 Å². The van der Waals surface area contributed by atoms with Crippen molar-refractivity contribution < 1.29 is 18.3 Å². The molecule has 3 aromatic rings. The molecular weight excluding hydrogens is 608 g/mol. The smallest absolute Gasteiger partial charge is 0.410 e. The SMILES string of the molecule is C[C@H]1CN(C(=O)OC(C)(C)C)CCN1c1nc(=O)n2c3c(c(-c4ccc(F)cc4F)c(Cl)cc13)SC[C@@H]2CC1CCNCC1. The normalized spacial score (nSPS) is 21.2. The molecule has 2 fully saturated rings. The summed E-state index contributed by atoms with van der Waals surface area (Å²) in [5.41, 5.74) is 0.358. The van der Waals surface area contributed by atoms with Crippen molar-refractivity contribution in [1.82, 2.24) is 19.8 Å². The number of aromatic nitrogens is 2. The fourth-order valence-electron chi connectivity index (χ4n) is 6.66. The lowest BCUT2D eigenvalue weighted by atomic mass is 9.91. The number of amides is 1. The van der Waals surface area contributed by atoms with Crippen LogP contribution in [-0.2, 0) is 4.74 Å². The van der Waals surface area contributed by atoms with Crippen LogP contribution >= 0.6 is 23.4 Å². The molecule has 0 bridgehead atoms. The second-order valence-corrected chi connectivity index (χ2v) is 14.5. The van der Waals surface area contributed by atoms with Gasteiger partial charge in [-0.1, -0.05) is 11.6 Å². The molecule has 44 heavy (non-hydrogen) atoms. The van der Waals surface area contributed by atoms with E-state index < -0.39 is 17.2 Å². The number of carbonyl (C=O) groups excluding carboxylic acids is 1. The van der Waals surface area contributed by atoms with Crippen LogP contribution in [0.2, 0.25) is 5.02 Å². The number of thioether (sulfide) groups is 1. The van der Waals surface area contributed by atoms with Crippen LogP contribution in [0.3, 0.4) is 0 Å². The molecule has 236 valence electrons. The number of hydrogen-bond donors (Lipinski definition) is 1. The summed E-state index contributed by atoms with van der Waals surface area (Å²) in [6.45, 7) is 10.7. The van der Waals surface area contributed by atoms with Crippen LogP contribution in [0.4, 0.5) is 19.4 Å². The minimum Gasteiger partial charge on any atom is -0.444 e. The molecule has 0 saturated carbocycles. The minimum absolute atomic E-state index is 0.0827. The number of hydrogen-bond acceptors (Lipinski definition) is 7. The van der Waals surface area contributed by atoms with Gasteiger partial charge in [-0.2, -0.15) is 4.98 Å². The molecule has 2 saturated heterocycles. The van der Waals surface area contributed by atoms with Crippen LogP contribution in [0.5, 0.6) is 0 Å². The van der Waals surface area contributed by atoms with Crippen molar-refractivity contribution in [2.75, 3.05) is 43.4 Å². The molecular formula is C32H38ClF2N5O3S. The highest BCUT2D eigenvalue weighted by molar-refractivity contribution is 7.99. The maximum absolute atomic E-state index is 15.2. The van der Waals surface area contributed by atoms with Gasteiger partial charge in [0, 0.05) is 64.9 Å². The topological polar surface area (TPSA) is 79.7 Å². The third-order valence-electron chi connectivity index (χ3n) is 8.70. The van der Waals surface area contributed by atoms with Crippen molar-refractivity contribution >= 4 is 46.2 Å². The highest BCUT2D eigenvalue weighted by Crippen LogP contribution is 2.49. The molecule has 0 aliphatic carbocycles. The molecule has 4 heterocycles. The van der Waals surface area contributed by atoms with Crippen LogP contribution < -0.4 is 15.9 Å². The molecule has 6 rings (SSSR count). The zero-order chi connectivity index (χ0) is 31.3. The first-order valence-corrected chi connectivity index (χ1v) is 16.6. The van der Waals surface area contributed by atoms with E-state index in [9.17, 15) is 14.0 Å². The standard InChI is InChI=1S/C32H38ClF2N5O3S/c1-18-16-38(31(42)43-32(2,3)4)11-12-39(18)29-23-15-24(33)26(22-6-5-20(34)14-25(22)35)28-27(23)40(30(41)37-29)21(17-44-28)13-19-7-9-36-10-8-19/h5-6,14-15,18-19,21,36H,7-13,16-17H2,1-4H3/t18-,21-/m0/s1. The van der Waals surface area contributed by atoms with Gasteiger partial charge >= 0.3 is 11.8 Å². The van der Waals surface area contributed by atoms with Crippen LogP contribution in [0.25, 0.3) is 22.0 Å². The van der Waals surface area contributed by atoms with Gasteiger partial charge in [0.15, 0.2) is 0 Å². The fraction of sp³-hybridized carbons (Fsp3) is 0.531. The molecule has 3 aliphatic heterocycles. The van der Waals surface area contributed by atoms with E-state index in [-0.39, 0.29) is 29.4 Å². The zero-order valence-electron chi connectivity index (χ0n) is 25.5. The van der Waals surface area contributed by atoms with Gasteiger partial charge in [0.2, 0.25) is 0 Å².